The van der Waals surface area contributed by atoms with Crippen molar-refractivity contribution in [3.8, 4) is 5.75 Å². The van der Waals surface area contributed by atoms with E-state index in [1.54, 1.807) is 24.3 Å². The van der Waals surface area contributed by atoms with Crippen molar-refractivity contribution in [2.24, 2.45) is 0 Å². The van der Waals surface area contributed by atoms with Gasteiger partial charge in [-0.1, -0.05) is 23.7 Å². The highest BCUT2D eigenvalue weighted by molar-refractivity contribution is 7.92. The summed E-state index contributed by atoms with van der Waals surface area (Å²) in [5, 5.41) is 3.25. The van der Waals surface area contributed by atoms with Gasteiger partial charge in [-0.05, 0) is 43.3 Å². The Labute approximate surface area is 194 Å². The number of amides is 1. The summed E-state index contributed by atoms with van der Waals surface area (Å²) in [7, 11) is -4.05. The molecule has 1 fully saturated rings. The van der Waals surface area contributed by atoms with E-state index in [1.807, 2.05) is 6.92 Å². The molecule has 0 aromatic heterocycles. The van der Waals surface area contributed by atoms with Crippen LogP contribution >= 0.6 is 11.6 Å². The van der Waals surface area contributed by atoms with Crippen LogP contribution in [0.15, 0.2) is 53.4 Å². The number of carbonyl (C=O) groups excluding carboxylic acids is 1. The molecule has 2 aromatic carbocycles. The molecule has 0 bridgehead atoms. The second-order valence-electron chi connectivity index (χ2n) is 7.17. The summed E-state index contributed by atoms with van der Waals surface area (Å²) in [5.41, 5.74) is 0.299. The lowest BCUT2D eigenvalue weighted by Gasteiger charge is -2.27. The fourth-order valence-electron chi connectivity index (χ4n) is 3.34. The molecule has 10 heteroatoms. The normalized spacial score (nSPS) is 14.7. The van der Waals surface area contributed by atoms with Crippen LogP contribution in [0, 0.1) is 0 Å². The summed E-state index contributed by atoms with van der Waals surface area (Å²) in [6.45, 7) is 5.87. The molecular weight excluding hydrogens is 454 g/mol. The number of rotatable bonds is 10. The van der Waals surface area contributed by atoms with E-state index in [0.717, 1.165) is 17.4 Å². The lowest BCUT2D eigenvalue weighted by atomic mass is 10.3. The Hall–Kier alpha value is -2.33. The second kappa shape index (κ2) is 11.5. The van der Waals surface area contributed by atoms with Crippen molar-refractivity contribution < 1.29 is 22.7 Å². The number of para-hydroxylation sites is 2. The third-order valence-corrected chi connectivity index (χ3v) is 7.00. The minimum atomic E-state index is -4.05. The van der Waals surface area contributed by atoms with Crippen LogP contribution in [-0.4, -0.2) is 71.8 Å². The van der Waals surface area contributed by atoms with Gasteiger partial charge in [-0.15, -0.1) is 0 Å². The van der Waals surface area contributed by atoms with Crippen LogP contribution in [-0.2, 0) is 19.6 Å². The number of benzene rings is 2. The monoisotopic (exact) mass is 481 g/mol. The predicted molar refractivity (Wildman–Crippen MR) is 124 cm³/mol. The molecule has 8 nitrogen and oxygen atoms in total. The van der Waals surface area contributed by atoms with Gasteiger partial charge >= 0.3 is 0 Å². The summed E-state index contributed by atoms with van der Waals surface area (Å²) in [6.07, 6.45) is 0. The molecule has 174 valence electrons. The Bertz CT molecular complexity index is 995. The van der Waals surface area contributed by atoms with Crippen molar-refractivity contribution in [3.63, 3.8) is 0 Å². The Morgan fingerprint density at radius 1 is 1.16 bits per heavy atom. The zero-order valence-electron chi connectivity index (χ0n) is 18.0. The summed E-state index contributed by atoms with van der Waals surface area (Å²) in [4.78, 5) is 15.0. The maximum absolute atomic E-state index is 13.5. The zero-order chi connectivity index (χ0) is 23.0. The molecule has 1 aliphatic rings. The van der Waals surface area contributed by atoms with Crippen LogP contribution in [0.4, 0.5) is 5.69 Å². The van der Waals surface area contributed by atoms with E-state index >= 15 is 0 Å². The van der Waals surface area contributed by atoms with E-state index in [0.29, 0.717) is 49.4 Å². The molecule has 0 atom stereocenters. The first kappa shape index (κ1) is 24.3. The molecule has 1 heterocycles. The molecule has 0 unspecified atom stereocenters. The van der Waals surface area contributed by atoms with Crippen LogP contribution in [0.3, 0.4) is 0 Å². The quantitative estimate of drug-likeness (QED) is 0.560. The first-order valence-corrected chi connectivity index (χ1v) is 12.3. The number of nitrogens with one attached hydrogen (secondary N) is 1. The molecule has 0 spiro atoms. The Balaban J connectivity index is 1.80. The summed E-state index contributed by atoms with van der Waals surface area (Å²) in [6, 6.07) is 12.6. The van der Waals surface area contributed by atoms with Crippen LogP contribution in [0.5, 0.6) is 5.75 Å². The molecule has 0 radical (unpaired) electrons. The van der Waals surface area contributed by atoms with Crippen molar-refractivity contribution in [2.45, 2.75) is 11.8 Å². The predicted octanol–water partition coefficient (Wildman–Crippen LogP) is 2.38. The van der Waals surface area contributed by atoms with Crippen molar-refractivity contribution in [1.29, 1.82) is 0 Å². The smallest absolute Gasteiger partial charge is 0.264 e. The molecular formula is C22H28ClN3O5S. The zero-order valence-corrected chi connectivity index (χ0v) is 19.6. The number of hydrogen-bond donors (Lipinski definition) is 1. The highest BCUT2D eigenvalue weighted by Gasteiger charge is 2.29. The summed E-state index contributed by atoms with van der Waals surface area (Å²) < 4.78 is 39.0. The summed E-state index contributed by atoms with van der Waals surface area (Å²) in [5.74, 6) is -0.0178. The minimum Gasteiger partial charge on any atom is -0.492 e. The third-order valence-electron chi connectivity index (χ3n) is 4.98. The van der Waals surface area contributed by atoms with Gasteiger partial charge in [0.2, 0.25) is 5.91 Å². The van der Waals surface area contributed by atoms with E-state index in [9.17, 15) is 13.2 Å². The van der Waals surface area contributed by atoms with Crippen LogP contribution in [0.1, 0.15) is 6.92 Å². The molecule has 1 N–H and O–H groups in total. The van der Waals surface area contributed by atoms with Gasteiger partial charge in [0.15, 0.2) is 0 Å². The number of sulfonamides is 1. The lowest BCUT2D eigenvalue weighted by Crippen LogP contribution is -2.45. The van der Waals surface area contributed by atoms with Gasteiger partial charge in [0.25, 0.3) is 10.0 Å². The molecule has 2 aromatic rings. The second-order valence-corrected chi connectivity index (χ2v) is 9.47. The maximum Gasteiger partial charge on any atom is 0.264 e. The number of morpholine rings is 1. The molecule has 32 heavy (non-hydrogen) atoms. The van der Waals surface area contributed by atoms with Crippen molar-refractivity contribution >= 4 is 33.2 Å². The Morgan fingerprint density at radius 2 is 1.84 bits per heavy atom. The largest absolute Gasteiger partial charge is 0.492 e. The van der Waals surface area contributed by atoms with E-state index < -0.39 is 15.9 Å². The molecule has 3 rings (SSSR count). The fourth-order valence-corrected chi connectivity index (χ4v) is 4.90. The fraction of sp³-hybridized carbons (Fsp3) is 0.409. The average Bonchev–Trinajstić information content (AvgIpc) is 2.79. The van der Waals surface area contributed by atoms with Crippen molar-refractivity contribution in [2.75, 3.05) is 56.8 Å². The number of ether oxygens (including phenoxy) is 2. The van der Waals surface area contributed by atoms with Gasteiger partial charge < -0.3 is 14.8 Å². The molecule has 0 saturated carbocycles. The number of hydrogen-bond acceptors (Lipinski definition) is 6. The van der Waals surface area contributed by atoms with Crippen LogP contribution in [0.2, 0.25) is 5.02 Å². The number of anilines is 1. The van der Waals surface area contributed by atoms with Crippen molar-refractivity contribution in [1.82, 2.24) is 10.2 Å². The highest BCUT2D eigenvalue weighted by Crippen LogP contribution is 2.32. The standard InChI is InChI=1S/C22H28ClN3O5S/c1-2-31-21-6-4-3-5-20(21)26(32(28,29)19-9-7-18(23)8-10-19)17-22(27)24-11-12-25-13-15-30-16-14-25/h3-10H,2,11-17H2,1H3,(H,24,27). The highest BCUT2D eigenvalue weighted by atomic mass is 35.5. The minimum absolute atomic E-state index is 0.0364. The summed E-state index contributed by atoms with van der Waals surface area (Å²) >= 11 is 5.93. The number of nitrogens with zero attached hydrogens (tertiary/aromatic N) is 2. The van der Waals surface area contributed by atoms with Gasteiger partial charge in [0.1, 0.15) is 12.3 Å². The van der Waals surface area contributed by atoms with Crippen LogP contribution < -0.4 is 14.4 Å². The molecule has 1 saturated heterocycles. The van der Waals surface area contributed by atoms with Gasteiger partial charge in [0, 0.05) is 31.2 Å². The first-order valence-electron chi connectivity index (χ1n) is 10.5. The SMILES string of the molecule is CCOc1ccccc1N(CC(=O)NCCN1CCOCC1)S(=O)(=O)c1ccc(Cl)cc1. The lowest BCUT2D eigenvalue weighted by molar-refractivity contribution is -0.119. The van der Waals surface area contributed by atoms with E-state index in [4.69, 9.17) is 21.1 Å². The average molecular weight is 482 g/mol. The van der Waals surface area contributed by atoms with Gasteiger partial charge in [-0.3, -0.25) is 14.0 Å². The van der Waals surface area contributed by atoms with Crippen LogP contribution in [0.25, 0.3) is 0 Å². The van der Waals surface area contributed by atoms with Gasteiger partial charge in [0.05, 0.1) is 30.4 Å². The number of carbonyl (C=O) groups is 1. The Kier molecular flexibility index (Phi) is 8.75. The molecule has 0 aliphatic carbocycles. The Morgan fingerprint density at radius 3 is 2.53 bits per heavy atom. The van der Waals surface area contributed by atoms with Crippen molar-refractivity contribution in [3.05, 3.63) is 53.6 Å². The first-order chi connectivity index (χ1) is 15.4. The van der Waals surface area contributed by atoms with E-state index in [-0.39, 0.29) is 11.4 Å². The molecule has 1 aliphatic heterocycles. The van der Waals surface area contributed by atoms with E-state index in [1.165, 1.54) is 24.3 Å². The topological polar surface area (TPSA) is 88.2 Å². The van der Waals surface area contributed by atoms with E-state index in [2.05, 4.69) is 10.2 Å². The maximum atomic E-state index is 13.5. The third kappa shape index (κ3) is 6.35. The van der Waals surface area contributed by atoms with Gasteiger partial charge in [-0.25, -0.2) is 8.42 Å². The molecule has 1 amide bonds. The number of halogens is 1. The van der Waals surface area contributed by atoms with Gasteiger partial charge in [-0.2, -0.15) is 0 Å².